The van der Waals surface area contributed by atoms with E-state index in [0.29, 0.717) is 12.2 Å². The number of rotatable bonds is 3. The van der Waals surface area contributed by atoms with E-state index in [9.17, 15) is 4.79 Å². The molecule has 0 N–H and O–H groups in total. The molecule has 98 valence electrons. The van der Waals surface area contributed by atoms with Gasteiger partial charge in [0.15, 0.2) is 5.78 Å². The Hall–Kier alpha value is -0.800. The highest BCUT2D eigenvalue weighted by Crippen LogP contribution is 2.18. The standard InChI is InChI=1S/C15H21NOS/c1-11-6-12(2)8-13(7-11)9-15(17)14-10-18-5-4-16(14)3/h6-8,14H,4-5,9-10H2,1-3H3. The first-order valence-electron chi connectivity index (χ1n) is 6.44. The van der Waals surface area contributed by atoms with E-state index in [1.165, 1.54) is 11.1 Å². The minimum atomic E-state index is 0.101. The van der Waals surface area contributed by atoms with Crippen LogP contribution in [0.4, 0.5) is 0 Å². The monoisotopic (exact) mass is 263 g/mol. The van der Waals surface area contributed by atoms with Gasteiger partial charge >= 0.3 is 0 Å². The van der Waals surface area contributed by atoms with E-state index in [0.717, 1.165) is 23.6 Å². The van der Waals surface area contributed by atoms with Gasteiger partial charge in [-0.2, -0.15) is 11.8 Å². The summed E-state index contributed by atoms with van der Waals surface area (Å²) in [5.74, 6) is 2.44. The molecule has 1 unspecified atom stereocenters. The Morgan fingerprint density at radius 2 is 2.00 bits per heavy atom. The fourth-order valence-corrected chi connectivity index (χ4v) is 3.76. The molecule has 0 saturated carbocycles. The average molecular weight is 263 g/mol. The van der Waals surface area contributed by atoms with Crippen molar-refractivity contribution in [3.05, 3.63) is 34.9 Å². The summed E-state index contributed by atoms with van der Waals surface area (Å²) in [5, 5.41) is 0. The molecule has 0 radical (unpaired) electrons. The van der Waals surface area contributed by atoms with Gasteiger partial charge in [-0.3, -0.25) is 9.69 Å². The van der Waals surface area contributed by atoms with Crippen LogP contribution in [-0.2, 0) is 11.2 Å². The van der Waals surface area contributed by atoms with Crippen molar-refractivity contribution < 1.29 is 4.79 Å². The first-order chi connectivity index (χ1) is 8.56. The lowest BCUT2D eigenvalue weighted by Gasteiger charge is -2.30. The summed E-state index contributed by atoms with van der Waals surface area (Å²) in [6.45, 7) is 5.20. The van der Waals surface area contributed by atoms with Gasteiger partial charge in [0.25, 0.3) is 0 Å². The summed E-state index contributed by atoms with van der Waals surface area (Å²) in [7, 11) is 2.06. The molecule has 0 aliphatic carbocycles. The van der Waals surface area contributed by atoms with E-state index in [1.807, 2.05) is 11.8 Å². The molecule has 1 saturated heterocycles. The van der Waals surface area contributed by atoms with Gasteiger partial charge < -0.3 is 0 Å². The molecule has 2 nitrogen and oxygen atoms in total. The zero-order valence-corrected chi connectivity index (χ0v) is 12.2. The number of carbonyl (C=O) groups excluding carboxylic acids is 1. The predicted octanol–water partition coefficient (Wildman–Crippen LogP) is 2.46. The number of nitrogens with zero attached hydrogens (tertiary/aromatic N) is 1. The number of hydrogen-bond acceptors (Lipinski definition) is 3. The van der Waals surface area contributed by atoms with Gasteiger partial charge in [-0.15, -0.1) is 0 Å². The van der Waals surface area contributed by atoms with Crippen molar-refractivity contribution >= 4 is 17.5 Å². The number of carbonyl (C=O) groups is 1. The summed E-state index contributed by atoms with van der Waals surface area (Å²) < 4.78 is 0. The lowest BCUT2D eigenvalue weighted by atomic mass is 10.00. The summed E-state index contributed by atoms with van der Waals surface area (Å²) >= 11 is 1.89. The van der Waals surface area contributed by atoms with Gasteiger partial charge in [0.2, 0.25) is 0 Å². The van der Waals surface area contributed by atoms with Crippen LogP contribution < -0.4 is 0 Å². The van der Waals surface area contributed by atoms with Gasteiger partial charge in [0.1, 0.15) is 0 Å². The highest BCUT2D eigenvalue weighted by atomic mass is 32.2. The molecule has 0 amide bonds. The van der Waals surface area contributed by atoms with Crippen molar-refractivity contribution in [1.82, 2.24) is 4.90 Å². The maximum absolute atomic E-state index is 12.3. The first-order valence-corrected chi connectivity index (χ1v) is 7.59. The lowest BCUT2D eigenvalue weighted by Crippen LogP contribution is -2.45. The van der Waals surface area contributed by atoms with Crippen molar-refractivity contribution in [3.8, 4) is 0 Å². The zero-order chi connectivity index (χ0) is 13.1. The van der Waals surface area contributed by atoms with Gasteiger partial charge in [0, 0.05) is 24.5 Å². The van der Waals surface area contributed by atoms with Crippen molar-refractivity contribution in [2.45, 2.75) is 26.3 Å². The average Bonchev–Trinajstić information content (AvgIpc) is 2.27. The Kier molecular flexibility index (Phi) is 4.46. The van der Waals surface area contributed by atoms with Crippen LogP contribution >= 0.6 is 11.8 Å². The summed E-state index contributed by atoms with van der Waals surface area (Å²) in [4.78, 5) is 14.5. The molecule has 1 aromatic rings. The number of likely N-dealkylation sites (N-methyl/N-ethyl adjacent to an activating group) is 1. The van der Waals surface area contributed by atoms with Crippen LogP contribution in [0.3, 0.4) is 0 Å². The number of aryl methyl sites for hydroxylation is 2. The Labute approximate surface area is 114 Å². The van der Waals surface area contributed by atoms with E-state index in [-0.39, 0.29) is 6.04 Å². The van der Waals surface area contributed by atoms with E-state index in [1.54, 1.807) is 0 Å². The number of benzene rings is 1. The lowest BCUT2D eigenvalue weighted by molar-refractivity contribution is -0.122. The third-order valence-corrected chi connectivity index (χ3v) is 4.45. The normalized spacial score (nSPS) is 20.9. The molecular weight excluding hydrogens is 242 g/mol. The van der Waals surface area contributed by atoms with Gasteiger partial charge in [-0.25, -0.2) is 0 Å². The molecule has 0 bridgehead atoms. The van der Waals surface area contributed by atoms with Crippen molar-refractivity contribution in [2.75, 3.05) is 25.1 Å². The number of hydrogen-bond donors (Lipinski definition) is 0. The van der Waals surface area contributed by atoms with Gasteiger partial charge in [-0.1, -0.05) is 29.3 Å². The molecule has 1 fully saturated rings. The second kappa shape index (κ2) is 5.89. The molecular formula is C15H21NOS. The Balaban J connectivity index is 2.06. The van der Waals surface area contributed by atoms with Crippen LogP contribution in [0, 0.1) is 13.8 Å². The molecule has 2 rings (SSSR count). The highest BCUT2D eigenvalue weighted by Gasteiger charge is 2.25. The molecule has 3 heteroatoms. The Bertz CT molecular complexity index is 424. The van der Waals surface area contributed by atoms with Crippen molar-refractivity contribution in [3.63, 3.8) is 0 Å². The minimum Gasteiger partial charge on any atom is -0.298 e. The fraction of sp³-hybridized carbons (Fsp3) is 0.533. The van der Waals surface area contributed by atoms with Gasteiger partial charge in [-0.05, 0) is 26.5 Å². The van der Waals surface area contributed by atoms with Crippen molar-refractivity contribution in [1.29, 1.82) is 0 Å². The minimum absolute atomic E-state index is 0.101. The molecule has 0 aromatic heterocycles. The summed E-state index contributed by atoms with van der Waals surface area (Å²) in [6.07, 6.45) is 0.568. The van der Waals surface area contributed by atoms with Crippen LogP contribution in [-0.4, -0.2) is 41.8 Å². The van der Waals surface area contributed by atoms with Crippen LogP contribution in [0.2, 0.25) is 0 Å². The number of Topliss-reactive ketones (excluding diaryl/α,β-unsaturated/α-hetero) is 1. The second-order valence-corrected chi connectivity index (χ2v) is 6.36. The summed E-state index contributed by atoms with van der Waals surface area (Å²) in [5.41, 5.74) is 3.63. The predicted molar refractivity (Wildman–Crippen MR) is 78.4 cm³/mol. The molecule has 1 aliphatic rings. The Morgan fingerprint density at radius 3 is 2.61 bits per heavy atom. The molecule has 1 heterocycles. The maximum Gasteiger partial charge on any atom is 0.155 e. The molecule has 1 atom stereocenters. The molecule has 18 heavy (non-hydrogen) atoms. The van der Waals surface area contributed by atoms with Crippen molar-refractivity contribution in [2.24, 2.45) is 0 Å². The number of ketones is 1. The SMILES string of the molecule is Cc1cc(C)cc(CC(=O)C2CSCCN2C)c1. The van der Waals surface area contributed by atoms with E-state index in [4.69, 9.17) is 0 Å². The van der Waals surface area contributed by atoms with Crippen LogP contribution in [0.1, 0.15) is 16.7 Å². The molecule has 1 aromatic carbocycles. The maximum atomic E-state index is 12.3. The van der Waals surface area contributed by atoms with E-state index >= 15 is 0 Å². The topological polar surface area (TPSA) is 20.3 Å². The molecule has 0 spiro atoms. The van der Waals surface area contributed by atoms with E-state index < -0.39 is 0 Å². The van der Waals surface area contributed by atoms with Crippen LogP contribution in [0.15, 0.2) is 18.2 Å². The second-order valence-electron chi connectivity index (χ2n) is 5.21. The first kappa shape index (κ1) is 13.6. The largest absolute Gasteiger partial charge is 0.298 e. The quantitative estimate of drug-likeness (QED) is 0.835. The van der Waals surface area contributed by atoms with Gasteiger partial charge in [0.05, 0.1) is 6.04 Å². The van der Waals surface area contributed by atoms with Crippen LogP contribution in [0.5, 0.6) is 0 Å². The zero-order valence-electron chi connectivity index (χ0n) is 11.4. The smallest absolute Gasteiger partial charge is 0.155 e. The molecule has 1 aliphatic heterocycles. The van der Waals surface area contributed by atoms with Crippen LogP contribution in [0.25, 0.3) is 0 Å². The third kappa shape index (κ3) is 3.36. The fourth-order valence-electron chi connectivity index (χ4n) is 2.52. The number of thioether (sulfide) groups is 1. The summed E-state index contributed by atoms with van der Waals surface area (Å²) in [6, 6.07) is 6.50. The Morgan fingerprint density at radius 1 is 1.33 bits per heavy atom. The van der Waals surface area contributed by atoms with E-state index in [2.05, 4.69) is 44.0 Å². The third-order valence-electron chi connectivity index (χ3n) is 3.43. The highest BCUT2D eigenvalue weighted by molar-refractivity contribution is 7.99.